The van der Waals surface area contributed by atoms with Crippen molar-refractivity contribution in [3.05, 3.63) is 42.9 Å². The van der Waals surface area contributed by atoms with E-state index in [-0.39, 0.29) is 5.82 Å². The lowest BCUT2D eigenvalue weighted by Gasteiger charge is -2.23. The van der Waals surface area contributed by atoms with Crippen molar-refractivity contribution in [1.82, 2.24) is 9.97 Å². The van der Waals surface area contributed by atoms with E-state index >= 15 is 0 Å². The quantitative estimate of drug-likeness (QED) is 0.856. The third kappa shape index (κ3) is 3.18. The summed E-state index contributed by atoms with van der Waals surface area (Å²) in [5, 5.41) is 2.94. The van der Waals surface area contributed by atoms with Gasteiger partial charge in [-0.05, 0) is 12.1 Å². The highest BCUT2D eigenvalue weighted by Gasteiger charge is 2.17. The Labute approximate surface area is 133 Å². The number of hydrogen-bond acceptors (Lipinski definition) is 6. The molecule has 2 aromatic rings. The van der Waals surface area contributed by atoms with Gasteiger partial charge >= 0.3 is 0 Å². The molecule has 0 aliphatic carbocycles. The first-order chi connectivity index (χ1) is 11.2. The number of hydrogen-bond donors (Lipinski definition) is 1. The Kier molecular flexibility index (Phi) is 4.27. The van der Waals surface area contributed by atoms with Crippen molar-refractivity contribution in [2.45, 2.75) is 0 Å². The molecule has 1 aromatic heterocycles. The van der Waals surface area contributed by atoms with Crippen LogP contribution in [0, 0.1) is 5.82 Å². The molecule has 0 bridgehead atoms. The highest BCUT2D eigenvalue weighted by atomic mass is 19.1. The van der Waals surface area contributed by atoms with E-state index in [1.54, 1.807) is 30.2 Å². The Morgan fingerprint density at radius 1 is 1.35 bits per heavy atom. The van der Waals surface area contributed by atoms with Crippen molar-refractivity contribution >= 4 is 17.5 Å². The Balaban J connectivity index is 1.90. The predicted molar refractivity (Wildman–Crippen MR) is 86.2 cm³/mol. The summed E-state index contributed by atoms with van der Waals surface area (Å²) in [4.78, 5) is 9.75. The van der Waals surface area contributed by atoms with Crippen molar-refractivity contribution < 1.29 is 13.9 Å². The third-order valence-electron chi connectivity index (χ3n) is 3.36. The summed E-state index contributed by atoms with van der Waals surface area (Å²) in [6.45, 7) is 5.14. The molecule has 3 rings (SSSR count). The van der Waals surface area contributed by atoms with Crippen molar-refractivity contribution in [2.75, 3.05) is 37.0 Å². The summed E-state index contributed by atoms with van der Waals surface area (Å²) in [6, 6.07) is 5.43. The molecule has 0 radical (unpaired) electrons. The largest absolute Gasteiger partial charge is 0.486 e. The van der Waals surface area contributed by atoms with Crippen LogP contribution in [-0.4, -0.2) is 36.8 Å². The highest BCUT2D eigenvalue weighted by molar-refractivity contribution is 5.64. The average Bonchev–Trinajstić information content (AvgIpc) is 2.60. The molecular formula is C16H17FN4O2. The molecule has 0 amide bonds. The van der Waals surface area contributed by atoms with E-state index < -0.39 is 5.82 Å². The van der Waals surface area contributed by atoms with Crippen molar-refractivity contribution in [3.63, 3.8) is 0 Å². The molecule has 6 nitrogen and oxygen atoms in total. The molecule has 0 fully saturated rings. The normalized spacial score (nSPS) is 12.6. The average molecular weight is 316 g/mol. The Morgan fingerprint density at radius 2 is 2.13 bits per heavy atom. The molecule has 2 heterocycles. The van der Waals surface area contributed by atoms with E-state index in [1.165, 1.54) is 0 Å². The lowest BCUT2D eigenvalue weighted by atomic mass is 10.2. The minimum absolute atomic E-state index is 0.170. The van der Waals surface area contributed by atoms with Gasteiger partial charge in [-0.2, -0.15) is 4.98 Å². The molecule has 0 spiro atoms. The van der Waals surface area contributed by atoms with Gasteiger partial charge in [0.1, 0.15) is 13.2 Å². The van der Waals surface area contributed by atoms with E-state index in [0.29, 0.717) is 37.2 Å². The van der Waals surface area contributed by atoms with E-state index in [0.717, 1.165) is 11.9 Å². The molecule has 0 unspecified atom stereocenters. The van der Waals surface area contributed by atoms with Crippen LogP contribution < -0.4 is 19.7 Å². The number of fused-ring (bicyclic) bond motifs is 1. The summed E-state index contributed by atoms with van der Waals surface area (Å²) < 4.78 is 25.1. The number of aromatic nitrogens is 2. The fourth-order valence-electron chi connectivity index (χ4n) is 2.20. The second-order valence-corrected chi connectivity index (χ2v) is 4.92. The van der Waals surface area contributed by atoms with Gasteiger partial charge in [-0.25, -0.2) is 9.37 Å². The first-order valence-corrected chi connectivity index (χ1v) is 7.19. The number of ether oxygens (including phenoxy) is 2. The maximum atomic E-state index is 14.1. The summed E-state index contributed by atoms with van der Waals surface area (Å²) >= 11 is 0. The van der Waals surface area contributed by atoms with E-state index in [9.17, 15) is 4.39 Å². The van der Waals surface area contributed by atoms with Crippen LogP contribution in [0.5, 0.6) is 11.5 Å². The van der Waals surface area contributed by atoms with Gasteiger partial charge in [0.25, 0.3) is 0 Å². The molecule has 1 aromatic carbocycles. The number of nitrogens with one attached hydrogen (secondary N) is 1. The minimum atomic E-state index is -0.508. The smallest absolute Gasteiger partial charge is 0.225 e. The van der Waals surface area contributed by atoms with Crippen LogP contribution in [0.4, 0.5) is 21.8 Å². The minimum Gasteiger partial charge on any atom is -0.486 e. The van der Waals surface area contributed by atoms with Crippen molar-refractivity contribution in [2.24, 2.45) is 0 Å². The van der Waals surface area contributed by atoms with Crippen LogP contribution in [0.1, 0.15) is 0 Å². The van der Waals surface area contributed by atoms with Crippen molar-refractivity contribution in [1.29, 1.82) is 0 Å². The van der Waals surface area contributed by atoms with Gasteiger partial charge in [0.05, 0.1) is 6.20 Å². The molecule has 1 N–H and O–H groups in total. The number of benzene rings is 1. The summed E-state index contributed by atoms with van der Waals surface area (Å²) in [6.07, 6.45) is 2.82. The molecule has 23 heavy (non-hydrogen) atoms. The lowest BCUT2D eigenvalue weighted by molar-refractivity contribution is 0.171. The van der Waals surface area contributed by atoms with Gasteiger partial charge in [-0.1, -0.05) is 6.08 Å². The summed E-state index contributed by atoms with van der Waals surface area (Å²) in [5.74, 6) is 1.32. The number of halogens is 1. The molecule has 1 aliphatic rings. The van der Waals surface area contributed by atoms with Crippen LogP contribution >= 0.6 is 0 Å². The number of anilines is 3. The molecule has 120 valence electrons. The van der Waals surface area contributed by atoms with E-state index in [4.69, 9.17) is 9.47 Å². The standard InChI is InChI=1S/C16H17FN4O2/c1-3-6-18-16-19-10-12(17)15(20-16)21(2)11-4-5-13-14(9-11)23-8-7-22-13/h3-5,9-10H,1,6-8H2,2H3,(H,18,19,20). The molecular weight excluding hydrogens is 299 g/mol. The topological polar surface area (TPSA) is 59.5 Å². The van der Waals surface area contributed by atoms with Gasteiger partial charge in [0.2, 0.25) is 5.95 Å². The Hall–Kier alpha value is -2.83. The Bertz CT molecular complexity index is 723. The van der Waals surface area contributed by atoms with Crippen LogP contribution in [-0.2, 0) is 0 Å². The monoisotopic (exact) mass is 316 g/mol. The summed E-state index contributed by atoms with van der Waals surface area (Å²) in [7, 11) is 1.73. The van der Waals surface area contributed by atoms with Gasteiger partial charge in [0.15, 0.2) is 23.1 Å². The molecule has 0 atom stereocenters. The van der Waals surface area contributed by atoms with Gasteiger partial charge in [0, 0.05) is 25.3 Å². The van der Waals surface area contributed by atoms with E-state index in [1.807, 2.05) is 6.07 Å². The second kappa shape index (κ2) is 6.51. The zero-order valence-corrected chi connectivity index (χ0v) is 12.8. The SMILES string of the molecule is C=CCNc1ncc(F)c(N(C)c2ccc3c(c2)OCCO3)n1. The van der Waals surface area contributed by atoms with Crippen molar-refractivity contribution in [3.8, 4) is 11.5 Å². The maximum absolute atomic E-state index is 14.1. The highest BCUT2D eigenvalue weighted by Crippen LogP contribution is 2.35. The van der Waals surface area contributed by atoms with Crippen LogP contribution in [0.2, 0.25) is 0 Å². The zero-order valence-electron chi connectivity index (χ0n) is 12.8. The summed E-state index contributed by atoms with van der Waals surface area (Å²) in [5.41, 5.74) is 0.738. The fourth-order valence-corrected chi connectivity index (χ4v) is 2.20. The molecule has 1 aliphatic heterocycles. The maximum Gasteiger partial charge on any atom is 0.225 e. The fraction of sp³-hybridized carbons (Fsp3) is 0.250. The number of nitrogens with zero attached hydrogens (tertiary/aromatic N) is 3. The lowest BCUT2D eigenvalue weighted by Crippen LogP contribution is -2.18. The predicted octanol–water partition coefficient (Wildman–Crippen LogP) is 2.75. The molecule has 0 saturated carbocycles. The van der Waals surface area contributed by atoms with Crippen LogP contribution in [0.25, 0.3) is 0 Å². The molecule has 7 heteroatoms. The van der Waals surface area contributed by atoms with E-state index in [2.05, 4.69) is 21.9 Å². The third-order valence-corrected chi connectivity index (χ3v) is 3.36. The van der Waals surface area contributed by atoms with Crippen LogP contribution in [0.15, 0.2) is 37.1 Å². The first kappa shape index (κ1) is 15.1. The zero-order chi connectivity index (χ0) is 16.2. The second-order valence-electron chi connectivity index (χ2n) is 4.92. The van der Waals surface area contributed by atoms with Gasteiger partial charge in [-0.3, -0.25) is 0 Å². The first-order valence-electron chi connectivity index (χ1n) is 7.19. The van der Waals surface area contributed by atoms with Gasteiger partial charge in [-0.15, -0.1) is 6.58 Å². The van der Waals surface area contributed by atoms with Gasteiger partial charge < -0.3 is 19.7 Å². The molecule has 0 saturated heterocycles. The Morgan fingerprint density at radius 3 is 2.91 bits per heavy atom. The number of rotatable bonds is 5. The van der Waals surface area contributed by atoms with Crippen LogP contribution in [0.3, 0.4) is 0 Å².